The molecular formula is C21H22N2O5. The second-order valence-electron chi connectivity index (χ2n) is 6.11. The lowest BCUT2D eigenvalue weighted by atomic mass is 10.1. The molecular weight excluding hydrogens is 360 g/mol. The van der Waals surface area contributed by atoms with Gasteiger partial charge in [0.2, 0.25) is 5.89 Å². The number of benzene rings is 2. The Morgan fingerprint density at radius 3 is 2.39 bits per heavy atom. The van der Waals surface area contributed by atoms with Crippen molar-refractivity contribution in [1.29, 1.82) is 0 Å². The smallest absolute Gasteiger partial charge is 0.344 e. The zero-order valence-corrected chi connectivity index (χ0v) is 16.0. The number of aryl methyl sites for hydroxylation is 1. The van der Waals surface area contributed by atoms with E-state index in [4.69, 9.17) is 18.6 Å². The summed E-state index contributed by atoms with van der Waals surface area (Å²) in [5.74, 6) is 1.10. The summed E-state index contributed by atoms with van der Waals surface area (Å²) >= 11 is 0. The van der Waals surface area contributed by atoms with Crippen molar-refractivity contribution in [3.63, 3.8) is 0 Å². The van der Waals surface area contributed by atoms with Crippen molar-refractivity contribution in [2.45, 2.75) is 26.9 Å². The van der Waals surface area contributed by atoms with Crippen LogP contribution in [0, 0.1) is 6.92 Å². The zero-order chi connectivity index (χ0) is 19.9. The van der Waals surface area contributed by atoms with Crippen molar-refractivity contribution >= 4 is 5.97 Å². The lowest BCUT2D eigenvalue weighted by molar-refractivity contribution is -0.152. The SMILES string of the molecule is CCOc1ccccc1OCC(=O)OC(C)c1nnc(-c2ccc(C)cc2)o1. The van der Waals surface area contributed by atoms with Crippen LogP contribution in [0.2, 0.25) is 0 Å². The molecule has 0 radical (unpaired) electrons. The minimum Gasteiger partial charge on any atom is -0.490 e. The normalized spacial score (nSPS) is 11.7. The molecule has 0 amide bonds. The van der Waals surface area contributed by atoms with Crippen molar-refractivity contribution in [3.05, 3.63) is 60.0 Å². The molecule has 1 atom stereocenters. The Morgan fingerprint density at radius 2 is 1.71 bits per heavy atom. The van der Waals surface area contributed by atoms with Gasteiger partial charge in [-0.1, -0.05) is 29.8 Å². The van der Waals surface area contributed by atoms with Gasteiger partial charge in [0.25, 0.3) is 5.89 Å². The van der Waals surface area contributed by atoms with Gasteiger partial charge in [0.1, 0.15) is 0 Å². The quantitative estimate of drug-likeness (QED) is 0.542. The summed E-state index contributed by atoms with van der Waals surface area (Å²) in [5, 5.41) is 7.98. The molecule has 3 aromatic rings. The van der Waals surface area contributed by atoms with E-state index in [9.17, 15) is 4.79 Å². The summed E-state index contributed by atoms with van der Waals surface area (Å²) in [6.45, 7) is 5.79. The highest BCUT2D eigenvalue weighted by Gasteiger charge is 2.19. The molecule has 3 rings (SSSR count). The third-order valence-electron chi connectivity index (χ3n) is 3.89. The predicted molar refractivity (Wildman–Crippen MR) is 102 cm³/mol. The molecule has 0 aliphatic carbocycles. The number of nitrogens with zero attached hydrogens (tertiary/aromatic N) is 2. The first-order valence-electron chi connectivity index (χ1n) is 9.01. The average Bonchev–Trinajstić information content (AvgIpc) is 3.18. The molecule has 0 aliphatic heterocycles. The molecule has 1 unspecified atom stereocenters. The summed E-state index contributed by atoms with van der Waals surface area (Å²) in [6.07, 6.45) is -0.690. The van der Waals surface area contributed by atoms with E-state index < -0.39 is 12.1 Å². The molecule has 0 saturated heterocycles. The first-order valence-corrected chi connectivity index (χ1v) is 9.01. The van der Waals surface area contributed by atoms with Crippen LogP contribution in [0.15, 0.2) is 52.9 Å². The molecule has 0 fully saturated rings. The number of para-hydroxylation sites is 2. The van der Waals surface area contributed by atoms with Gasteiger partial charge in [-0.25, -0.2) is 4.79 Å². The minimum atomic E-state index is -0.690. The highest BCUT2D eigenvalue weighted by atomic mass is 16.6. The lowest BCUT2D eigenvalue weighted by Gasteiger charge is -2.12. The number of carbonyl (C=O) groups is 1. The van der Waals surface area contributed by atoms with Gasteiger partial charge < -0.3 is 18.6 Å². The number of ether oxygens (including phenoxy) is 3. The van der Waals surface area contributed by atoms with E-state index >= 15 is 0 Å². The maximum atomic E-state index is 12.1. The first kappa shape index (κ1) is 19.4. The Hall–Kier alpha value is -3.35. The Balaban J connectivity index is 1.57. The van der Waals surface area contributed by atoms with Crippen molar-refractivity contribution in [3.8, 4) is 23.0 Å². The molecule has 146 valence electrons. The highest BCUT2D eigenvalue weighted by Crippen LogP contribution is 2.27. The second kappa shape index (κ2) is 9.03. The molecule has 0 bridgehead atoms. The molecule has 0 spiro atoms. The van der Waals surface area contributed by atoms with Gasteiger partial charge in [-0.15, -0.1) is 10.2 Å². The third kappa shape index (κ3) is 4.88. The molecule has 28 heavy (non-hydrogen) atoms. The van der Waals surface area contributed by atoms with E-state index in [1.807, 2.05) is 44.2 Å². The van der Waals surface area contributed by atoms with Crippen molar-refractivity contribution in [2.24, 2.45) is 0 Å². The van der Waals surface area contributed by atoms with Crippen LogP contribution in [0.4, 0.5) is 0 Å². The summed E-state index contributed by atoms with van der Waals surface area (Å²) in [7, 11) is 0. The van der Waals surface area contributed by atoms with Gasteiger partial charge in [-0.05, 0) is 45.0 Å². The van der Waals surface area contributed by atoms with E-state index in [0.29, 0.717) is 24.0 Å². The molecule has 2 aromatic carbocycles. The van der Waals surface area contributed by atoms with E-state index in [0.717, 1.165) is 11.1 Å². The molecule has 7 heteroatoms. The fraction of sp³-hybridized carbons (Fsp3) is 0.286. The fourth-order valence-electron chi connectivity index (χ4n) is 2.47. The van der Waals surface area contributed by atoms with E-state index in [-0.39, 0.29) is 12.5 Å². The Labute approximate surface area is 163 Å². The van der Waals surface area contributed by atoms with Crippen molar-refractivity contribution in [1.82, 2.24) is 10.2 Å². The largest absolute Gasteiger partial charge is 0.490 e. The third-order valence-corrected chi connectivity index (χ3v) is 3.89. The van der Waals surface area contributed by atoms with Crippen LogP contribution in [-0.2, 0) is 9.53 Å². The molecule has 1 heterocycles. The van der Waals surface area contributed by atoms with Crippen LogP contribution in [-0.4, -0.2) is 29.4 Å². The molecule has 0 N–H and O–H groups in total. The minimum absolute atomic E-state index is 0.221. The number of esters is 1. The summed E-state index contributed by atoms with van der Waals surface area (Å²) in [5.41, 5.74) is 1.94. The number of rotatable bonds is 8. The highest BCUT2D eigenvalue weighted by molar-refractivity contribution is 5.71. The Kier molecular flexibility index (Phi) is 6.26. The van der Waals surface area contributed by atoms with Crippen molar-refractivity contribution < 1.29 is 23.4 Å². The van der Waals surface area contributed by atoms with Gasteiger partial charge in [-0.3, -0.25) is 0 Å². The predicted octanol–water partition coefficient (Wildman–Crippen LogP) is 4.13. The molecule has 7 nitrogen and oxygen atoms in total. The Morgan fingerprint density at radius 1 is 1.04 bits per heavy atom. The summed E-state index contributed by atoms with van der Waals surface area (Å²) < 4.78 is 21.9. The summed E-state index contributed by atoms with van der Waals surface area (Å²) in [6, 6.07) is 14.8. The van der Waals surface area contributed by atoms with Gasteiger partial charge in [0, 0.05) is 5.56 Å². The Bertz CT molecular complexity index is 921. The number of hydrogen-bond donors (Lipinski definition) is 0. The maximum absolute atomic E-state index is 12.1. The van der Waals surface area contributed by atoms with E-state index in [1.54, 1.807) is 25.1 Å². The van der Waals surface area contributed by atoms with Gasteiger partial charge >= 0.3 is 5.97 Å². The standard InChI is InChI=1S/C21H22N2O5/c1-4-25-17-7-5-6-8-18(17)26-13-19(24)27-15(3)20-22-23-21(28-20)16-11-9-14(2)10-12-16/h5-12,15H,4,13H2,1-3H3. The van der Waals surface area contributed by atoms with Crippen LogP contribution in [0.25, 0.3) is 11.5 Å². The van der Waals surface area contributed by atoms with E-state index in [2.05, 4.69) is 10.2 Å². The first-order chi connectivity index (χ1) is 13.6. The molecule has 1 aromatic heterocycles. The fourth-order valence-corrected chi connectivity index (χ4v) is 2.47. The average molecular weight is 382 g/mol. The molecule has 0 aliphatic rings. The van der Waals surface area contributed by atoms with Crippen LogP contribution in [0.5, 0.6) is 11.5 Å². The zero-order valence-electron chi connectivity index (χ0n) is 16.0. The van der Waals surface area contributed by atoms with E-state index in [1.165, 1.54) is 0 Å². The number of aromatic nitrogens is 2. The number of hydrogen-bond acceptors (Lipinski definition) is 7. The molecule has 0 saturated carbocycles. The van der Waals surface area contributed by atoms with Crippen LogP contribution < -0.4 is 9.47 Å². The lowest BCUT2D eigenvalue weighted by Crippen LogP contribution is -2.17. The second-order valence-corrected chi connectivity index (χ2v) is 6.11. The summed E-state index contributed by atoms with van der Waals surface area (Å²) in [4.78, 5) is 12.1. The van der Waals surface area contributed by atoms with Gasteiger partial charge in [0.05, 0.1) is 6.61 Å². The number of carbonyl (C=O) groups excluding carboxylic acids is 1. The van der Waals surface area contributed by atoms with Crippen LogP contribution >= 0.6 is 0 Å². The van der Waals surface area contributed by atoms with Gasteiger partial charge in [0.15, 0.2) is 24.2 Å². The van der Waals surface area contributed by atoms with Crippen LogP contribution in [0.3, 0.4) is 0 Å². The van der Waals surface area contributed by atoms with Crippen molar-refractivity contribution in [2.75, 3.05) is 13.2 Å². The maximum Gasteiger partial charge on any atom is 0.344 e. The van der Waals surface area contributed by atoms with Gasteiger partial charge in [-0.2, -0.15) is 0 Å². The topological polar surface area (TPSA) is 83.7 Å². The van der Waals surface area contributed by atoms with Crippen LogP contribution in [0.1, 0.15) is 31.4 Å². The monoisotopic (exact) mass is 382 g/mol.